The van der Waals surface area contributed by atoms with Gasteiger partial charge in [0.2, 0.25) is 0 Å². The molecule has 0 spiro atoms. The molecule has 4 amide bonds. The third-order valence-electron chi connectivity index (χ3n) is 5.76. The fourth-order valence-electron chi connectivity index (χ4n) is 4.21. The highest BCUT2D eigenvalue weighted by molar-refractivity contribution is 9.10. The number of halogens is 1. The molecule has 0 atom stereocenters. The molecule has 35 heavy (non-hydrogen) atoms. The summed E-state index contributed by atoms with van der Waals surface area (Å²) in [6, 6.07) is 27.6. The van der Waals surface area contributed by atoms with Gasteiger partial charge >= 0.3 is 6.03 Å². The average molecular weight is 526 g/mol. The Hall–Kier alpha value is -4.23. The quantitative estimate of drug-likeness (QED) is 0.267. The Morgan fingerprint density at radius 1 is 0.800 bits per heavy atom. The second-order valence-corrected chi connectivity index (χ2v) is 8.98. The molecular weight excluding hydrogens is 506 g/mol. The van der Waals surface area contributed by atoms with E-state index in [1.165, 1.54) is 0 Å². The lowest BCUT2D eigenvalue weighted by atomic mass is 10.0. The summed E-state index contributed by atoms with van der Waals surface area (Å²) in [7, 11) is 0. The summed E-state index contributed by atoms with van der Waals surface area (Å²) in [6.45, 7) is 1.97. The molecule has 2 heterocycles. The third-order valence-corrected chi connectivity index (χ3v) is 6.29. The Morgan fingerprint density at radius 3 is 2.09 bits per heavy atom. The smallest absolute Gasteiger partial charge is 0.313 e. The minimum absolute atomic E-state index is 0.116. The third kappa shape index (κ3) is 4.22. The van der Waals surface area contributed by atoms with Gasteiger partial charge in [-0.1, -0.05) is 64.5 Å². The second-order valence-electron chi connectivity index (χ2n) is 8.06. The molecule has 0 aliphatic carbocycles. The lowest BCUT2D eigenvalue weighted by molar-refractivity contribution is -0.122. The summed E-state index contributed by atoms with van der Waals surface area (Å²) in [5.74, 6) is -1.40. The number of nitrogens with zero attached hydrogens (tertiary/aromatic N) is 2. The lowest BCUT2D eigenvalue weighted by Gasteiger charge is -2.26. The van der Waals surface area contributed by atoms with Gasteiger partial charge in [0.15, 0.2) is 0 Å². The van der Waals surface area contributed by atoms with Crippen molar-refractivity contribution in [3.63, 3.8) is 0 Å². The van der Waals surface area contributed by atoms with E-state index in [1.807, 2.05) is 73.7 Å². The van der Waals surface area contributed by atoms with Crippen molar-refractivity contribution in [2.45, 2.75) is 6.92 Å². The number of urea groups is 1. The molecular formula is C28H20BrN3O3. The van der Waals surface area contributed by atoms with E-state index in [2.05, 4.69) is 25.8 Å². The zero-order valence-electron chi connectivity index (χ0n) is 18.7. The first-order valence-electron chi connectivity index (χ1n) is 10.9. The van der Waals surface area contributed by atoms with Crippen LogP contribution in [0.5, 0.6) is 0 Å². The number of carbonyl (C=O) groups excluding carboxylic acids is 3. The number of aromatic nitrogens is 1. The number of imide groups is 2. The van der Waals surface area contributed by atoms with Crippen molar-refractivity contribution in [1.29, 1.82) is 0 Å². The van der Waals surface area contributed by atoms with Gasteiger partial charge in [0.25, 0.3) is 11.8 Å². The second kappa shape index (κ2) is 9.19. The van der Waals surface area contributed by atoms with Crippen molar-refractivity contribution in [3.8, 4) is 16.9 Å². The molecule has 3 aromatic carbocycles. The number of para-hydroxylation sites is 1. The maximum Gasteiger partial charge on any atom is 0.335 e. The fourth-order valence-corrected chi connectivity index (χ4v) is 4.48. The highest BCUT2D eigenvalue weighted by Crippen LogP contribution is 2.33. The van der Waals surface area contributed by atoms with Crippen LogP contribution < -0.4 is 10.2 Å². The molecule has 1 aliphatic rings. The van der Waals surface area contributed by atoms with E-state index in [9.17, 15) is 14.4 Å². The molecule has 1 aliphatic heterocycles. The largest absolute Gasteiger partial charge is 0.335 e. The predicted molar refractivity (Wildman–Crippen MR) is 139 cm³/mol. The van der Waals surface area contributed by atoms with Crippen molar-refractivity contribution >= 4 is 45.5 Å². The topological polar surface area (TPSA) is 71.4 Å². The Morgan fingerprint density at radius 2 is 1.43 bits per heavy atom. The van der Waals surface area contributed by atoms with Crippen molar-refractivity contribution in [1.82, 2.24) is 9.88 Å². The first-order chi connectivity index (χ1) is 16.9. The minimum Gasteiger partial charge on any atom is -0.313 e. The number of aryl methyl sites for hydroxylation is 1. The van der Waals surface area contributed by atoms with Crippen LogP contribution in [-0.2, 0) is 9.59 Å². The number of amides is 4. The molecule has 6 nitrogen and oxygen atoms in total. The molecule has 0 unspecified atom stereocenters. The predicted octanol–water partition coefficient (Wildman–Crippen LogP) is 5.88. The number of carbonyl (C=O) groups is 3. The Labute approximate surface area is 210 Å². The van der Waals surface area contributed by atoms with Gasteiger partial charge in [-0.3, -0.25) is 14.9 Å². The zero-order valence-corrected chi connectivity index (χ0v) is 20.3. The first-order valence-corrected chi connectivity index (χ1v) is 11.7. The molecule has 4 aromatic rings. The van der Waals surface area contributed by atoms with Crippen LogP contribution in [-0.4, -0.2) is 22.4 Å². The van der Waals surface area contributed by atoms with Gasteiger partial charge in [0, 0.05) is 21.4 Å². The van der Waals surface area contributed by atoms with Gasteiger partial charge in [-0.25, -0.2) is 9.69 Å². The highest BCUT2D eigenvalue weighted by atomic mass is 79.9. The Bertz CT molecular complexity index is 1470. The Balaban J connectivity index is 1.67. The van der Waals surface area contributed by atoms with Crippen LogP contribution in [0.3, 0.4) is 0 Å². The molecule has 0 bridgehead atoms. The van der Waals surface area contributed by atoms with E-state index in [0.717, 1.165) is 32.0 Å². The number of rotatable bonds is 4. The van der Waals surface area contributed by atoms with Gasteiger partial charge in [-0.15, -0.1) is 0 Å². The van der Waals surface area contributed by atoms with Gasteiger partial charge < -0.3 is 4.57 Å². The normalized spacial score (nSPS) is 15.0. The standard InChI is InChI=1S/C28H20BrN3O3/c1-18-16-20(25(19-8-4-2-5-9-19)31(18)22-10-6-3-7-11-22)17-24-26(33)30-28(35)32(27(24)34)23-14-12-21(29)13-15-23/h2-17H,1H3,(H,30,33,35)/b24-17+. The summed E-state index contributed by atoms with van der Waals surface area (Å²) in [5, 5.41) is 2.30. The molecule has 1 saturated heterocycles. The number of hydrogen-bond acceptors (Lipinski definition) is 3. The summed E-state index contributed by atoms with van der Waals surface area (Å²) in [6.07, 6.45) is 1.56. The molecule has 1 fully saturated rings. The van der Waals surface area contributed by atoms with Crippen LogP contribution in [0.1, 0.15) is 11.3 Å². The maximum absolute atomic E-state index is 13.4. The molecule has 1 aromatic heterocycles. The summed E-state index contributed by atoms with van der Waals surface area (Å²) < 4.78 is 2.90. The number of benzene rings is 3. The van der Waals surface area contributed by atoms with E-state index in [0.29, 0.717) is 11.3 Å². The first kappa shape index (κ1) is 22.6. The molecule has 1 N–H and O–H groups in total. The summed E-state index contributed by atoms with van der Waals surface area (Å²) in [5.41, 5.74) is 4.62. The van der Waals surface area contributed by atoms with Crippen molar-refractivity contribution in [2.24, 2.45) is 0 Å². The van der Waals surface area contributed by atoms with Crippen LogP contribution in [0.4, 0.5) is 10.5 Å². The van der Waals surface area contributed by atoms with Crippen LogP contribution >= 0.6 is 15.9 Å². The van der Waals surface area contributed by atoms with Crippen LogP contribution in [0.15, 0.2) is 101 Å². The molecule has 0 saturated carbocycles. The number of nitrogens with one attached hydrogen (secondary N) is 1. The lowest BCUT2D eigenvalue weighted by Crippen LogP contribution is -2.54. The fraction of sp³-hybridized carbons (Fsp3) is 0.0357. The number of hydrogen-bond donors (Lipinski definition) is 1. The highest BCUT2D eigenvalue weighted by Gasteiger charge is 2.37. The van der Waals surface area contributed by atoms with Crippen molar-refractivity contribution in [2.75, 3.05) is 4.90 Å². The monoisotopic (exact) mass is 525 g/mol. The minimum atomic E-state index is -0.777. The van der Waals surface area contributed by atoms with E-state index >= 15 is 0 Å². The molecule has 5 rings (SSSR count). The van der Waals surface area contributed by atoms with Crippen LogP contribution in [0.25, 0.3) is 23.0 Å². The molecule has 172 valence electrons. The number of barbiturate groups is 1. The van der Waals surface area contributed by atoms with Gasteiger partial charge in [0.1, 0.15) is 5.57 Å². The van der Waals surface area contributed by atoms with Crippen LogP contribution in [0, 0.1) is 6.92 Å². The maximum atomic E-state index is 13.4. The van der Waals surface area contributed by atoms with Crippen molar-refractivity contribution < 1.29 is 14.4 Å². The van der Waals surface area contributed by atoms with E-state index in [-0.39, 0.29) is 5.57 Å². The van der Waals surface area contributed by atoms with Crippen LogP contribution in [0.2, 0.25) is 0 Å². The molecule has 0 radical (unpaired) electrons. The van der Waals surface area contributed by atoms with Crippen molar-refractivity contribution in [3.05, 3.63) is 112 Å². The average Bonchev–Trinajstić information content (AvgIpc) is 3.19. The zero-order chi connectivity index (χ0) is 24.5. The van der Waals surface area contributed by atoms with Gasteiger partial charge in [-0.05, 0) is 61.0 Å². The SMILES string of the molecule is Cc1cc(/C=C2\C(=O)NC(=O)N(c3ccc(Br)cc3)C2=O)c(-c2ccccc2)n1-c1ccccc1. The number of anilines is 1. The van der Waals surface area contributed by atoms with E-state index in [4.69, 9.17) is 0 Å². The molecule has 7 heteroatoms. The van der Waals surface area contributed by atoms with E-state index in [1.54, 1.807) is 30.3 Å². The van der Waals surface area contributed by atoms with E-state index < -0.39 is 17.8 Å². The summed E-state index contributed by atoms with van der Waals surface area (Å²) in [4.78, 5) is 39.7. The Kier molecular flexibility index (Phi) is 5.93. The van der Waals surface area contributed by atoms with Gasteiger partial charge in [-0.2, -0.15) is 0 Å². The summed E-state index contributed by atoms with van der Waals surface area (Å²) >= 11 is 3.35. The van der Waals surface area contributed by atoms with Gasteiger partial charge in [0.05, 0.1) is 11.4 Å².